The van der Waals surface area contributed by atoms with Gasteiger partial charge in [0.15, 0.2) is 0 Å². The normalized spacial score (nSPS) is 10.8. The van der Waals surface area contributed by atoms with E-state index in [0.29, 0.717) is 6.54 Å². The quantitative estimate of drug-likeness (QED) is 0.678. The van der Waals surface area contributed by atoms with Crippen molar-refractivity contribution in [3.05, 3.63) is 17.2 Å². The van der Waals surface area contributed by atoms with Crippen molar-refractivity contribution in [1.29, 1.82) is 0 Å². The van der Waals surface area contributed by atoms with Crippen LogP contribution in [-0.2, 0) is 0 Å². The minimum Gasteiger partial charge on any atom is -0.357 e. The molecule has 0 aliphatic rings. The molecule has 3 N–H and O–H groups in total. The maximum atomic E-state index is 5.27. The fourth-order valence-corrected chi connectivity index (χ4v) is 1.29. The summed E-state index contributed by atoms with van der Waals surface area (Å²) in [5.41, 5.74) is 5.27. The van der Waals surface area contributed by atoms with E-state index in [0.717, 1.165) is 16.7 Å². The monoisotopic (exact) mass is 184 g/mol. The number of hydrogen-bond donors (Lipinski definition) is 2. The topological polar surface area (TPSA) is 63.8 Å². The van der Waals surface area contributed by atoms with E-state index in [2.05, 4.69) is 15.5 Å². The maximum absolute atomic E-state index is 5.27. The second kappa shape index (κ2) is 4.84. The highest BCUT2D eigenvalue weighted by molar-refractivity contribution is 7.15. The Balaban J connectivity index is 2.28. The molecule has 0 atom stereocenters. The van der Waals surface area contributed by atoms with Crippen molar-refractivity contribution in [2.45, 2.75) is 6.92 Å². The first-order valence-corrected chi connectivity index (χ1v) is 4.53. The molecule has 1 aromatic heterocycles. The molecule has 0 amide bonds. The molecule has 12 heavy (non-hydrogen) atoms. The lowest BCUT2D eigenvalue weighted by atomic mass is 10.5. The van der Waals surface area contributed by atoms with Crippen LogP contribution in [0.5, 0.6) is 0 Å². The lowest BCUT2D eigenvalue weighted by molar-refractivity contribution is 1.04. The summed E-state index contributed by atoms with van der Waals surface area (Å²) in [7, 11) is 0. The molecule has 1 rings (SSSR count). The molecule has 0 saturated heterocycles. The van der Waals surface area contributed by atoms with Crippen LogP contribution in [0, 0.1) is 6.92 Å². The third-order valence-electron chi connectivity index (χ3n) is 1.20. The standard InChI is InChI=1S/C7H12N4S/c1-6-10-11-7(12-6)9-5-3-2-4-8/h2-3H,4-5,8H2,1H3,(H,9,11)/b3-2+. The van der Waals surface area contributed by atoms with E-state index >= 15 is 0 Å². The second-order valence-corrected chi connectivity index (χ2v) is 3.40. The molecular formula is C7H12N4S. The molecule has 0 radical (unpaired) electrons. The van der Waals surface area contributed by atoms with Crippen LogP contribution in [0.2, 0.25) is 0 Å². The number of rotatable bonds is 4. The zero-order valence-electron chi connectivity index (χ0n) is 6.95. The van der Waals surface area contributed by atoms with E-state index in [1.54, 1.807) is 11.3 Å². The molecule has 1 heterocycles. The van der Waals surface area contributed by atoms with E-state index in [4.69, 9.17) is 5.73 Å². The number of nitrogens with zero attached hydrogens (tertiary/aromatic N) is 2. The molecule has 0 spiro atoms. The lowest BCUT2D eigenvalue weighted by Gasteiger charge is -1.93. The summed E-state index contributed by atoms with van der Waals surface area (Å²) in [6, 6.07) is 0. The van der Waals surface area contributed by atoms with Crippen LogP contribution in [0.25, 0.3) is 0 Å². The molecule has 0 aromatic carbocycles. The van der Waals surface area contributed by atoms with E-state index < -0.39 is 0 Å². The minimum atomic E-state index is 0.580. The predicted molar refractivity (Wildman–Crippen MR) is 51.3 cm³/mol. The molecule has 66 valence electrons. The predicted octanol–water partition coefficient (Wildman–Crippen LogP) is 0.773. The lowest BCUT2D eigenvalue weighted by Crippen LogP contribution is -1.99. The van der Waals surface area contributed by atoms with Crippen molar-refractivity contribution in [2.75, 3.05) is 18.4 Å². The summed E-state index contributed by atoms with van der Waals surface area (Å²) in [6.07, 6.45) is 3.87. The fourth-order valence-electron chi connectivity index (χ4n) is 0.694. The van der Waals surface area contributed by atoms with Gasteiger partial charge in [-0.05, 0) is 6.92 Å². The van der Waals surface area contributed by atoms with Gasteiger partial charge in [0.25, 0.3) is 0 Å². The second-order valence-electron chi connectivity index (χ2n) is 2.21. The van der Waals surface area contributed by atoms with Crippen LogP contribution in [0.15, 0.2) is 12.2 Å². The first kappa shape index (κ1) is 9.15. The average Bonchev–Trinajstić information content (AvgIpc) is 2.45. The van der Waals surface area contributed by atoms with Crippen molar-refractivity contribution in [2.24, 2.45) is 5.73 Å². The maximum Gasteiger partial charge on any atom is 0.205 e. The van der Waals surface area contributed by atoms with Crippen LogP contribution in [-0.4, -0.2) is 23.3 Å². The molecule has 0 aliphatic carbocycles. The van der Waals surface area contributed by atoms with Gasteiger partial charge in [-0.25, -0.2) is 0 Å². The fraction of sp³-hybridized carbons (Fsp3) is 0.429. The highest BCUT2D eigenvalue weighted by Gasteiger charge is 1.95. The number of nitrogens with two attached hydrogens (primary N) is 1. The van der Waals surface area contributed by atoms with Gasteiger partial charge >= 0.3 is 0 Å². The summed E-state index contributed by atoms with van der Waals surface area (Å²) in [6.45, 7) is 3.27. The number of anilines is 1. The smallest absolute Gasteiger partial charge is 0.205 e. The van der Waals surface area contributed by atoms with Gasteiger partial charge in [-0.1, -0.05) is 23.5 Å². The van der Waals surface area contributed by atoms with E-state index in [-0.39, 0.29) is 0 Å². The number of aryl methyl sites for hydroxylation is 1. The Hall–Kier alpha value is -0.940. The Morgan fingerprint density at radius 3 is 2.92 bits per heavy atom. The summed E-state index contributed by atoms with van der Waals surface area (Å²) in [5, 5.41) is 12.7. The van der Waals surface area contributed by atoms with Gasteiger partial charge in [-0.15, -0.1) is 10.2 Å². The molecule has 4 nitrogen and oxygen atoms in total. The molecular weight excluding hydrogens is 172 g/mol. The zero-order chi connectivity index (χ0) is 8.81. The zero-order valence-corrected chi connectivity index (χ0v) is 7.77. The van der Waals surface area contributed by atoms with Crippen molar-refractivity contribution >= 4 is 16.5 Å². The minimum absolute atomic E-state index is 0.580. The number of aromatic nitrogens is 2. The Morgan fingerprint density at radius 1 is 1.50 bits per heavy atom. The van der Waals surface area contributed by atoms with Gasteiger partial charge in [-0.3, -0.25) is 0 Å². The average molecular weight is 184 g/mol. The highest BCUT2D eigenvalue weighted by atomic mass is 32.1. The van der Waals surface area contributed by atoms with Crippen LogP contribution < -0.4 is 11.1 Å². The van der Waals surface area contributed by atoms with E-state index in [1.165, 1.54) is 0 Å². The van der Waals surface area contributed by atoms with Crippen LogP contribution in [0.4, 0.5) is 5.13 Å². The summed E-state index contributed by atoms with van der Waals surface area (Å²) in [4.78, 5) is 0. The number of nitrogens with one attached hydrogen (secondary N) is 1. The van der Waals surface area contributed by atoms with Crippen molar-refractivity contribution in [1.82, 2.24) is 10.2 Å². The molecule has 0 saturated carbocycles. The molecule has 0 unspecified atom stereocenters. The summed E-state index contributed by atoms with van der Waals surface area (Å²) in [5.74, 6) is 0. The van der Waals surface area contributed by atoms with Gasteiger partial charge in [-0.2, -0.15) is 0 Å². The summed E-state index contributed by atoms with van der Waals surface area (Å²) < 4.78 is 0. The van der Waals surface area contributed by atoms with Crippen molar-refractivity contribution in [3.63, 3.8) is 0 Å². The molecule has 0 aliphatic heterocycles. The van der Waals surface area contributed by atoms with Gasteiger partial charge in [0.05, 0.1) is 0 Å². The van der Waals surface area contributed by atoms with Crippen LogP contribution in [0.1, 0.15) is 5.01 Å². The SMILES string of the molecule is Cc1nnc(NC/C=C/CN)s1. The third kappa shape index (κ3) is 2.98. The first-order chi connectivity index (χ1) is 5.83. The molecule has 0 fully saturated rings. The van der Waals surface area contributed by atoms with Gasteiger partial charge in [0, 0.05) is 13.1 Å². The van der Waals surface area contributed by atoms with E-state index in [9.17, 15) is 0 Å². The Kier molecular flexibility index (Phi) is 3.69. The highest BCUT2D eigenvalue weighted by Crippen LogP contribution is 2.12. The Morgan fingerprint density at radius 2 is 2.33 bits per heavy atom. The van der Waals surface area contributed by atoms with Gasteiger partial charge < -0.3 is 11.1 Å². The van der Waals surface area contributed by atoms with Crippen LogP contribution >= 0.6 is 11.3 Å². The van der Waals surface area contributed by atoms with Gasteiger partial charge in [0.2, 0.25) is 5.13 Å². The first-order valence-electron chi connectivity index (χ1n) is 3.72. The van der Waals surface area contributed by atoms with Crippen molar-refractivity contribution in [3.8, 4) is 0 Å². The molecule has 0 bridgehead atoms. The molecule has 5 heteroatoms. The van der Waals surface area contributed by atoms with E-state index in [1.807, 2.05) is 19.1 Å². The summed E-state index contributed by atoms with van der Waals surface area (Å²) >= 11 is 1.55. The van der Waals surface area contributed by atoms with Crippen molar-refractivity contribution < 1.29 is 0 Å². The largest absolute Gasteiger partial charge is 0.357 e. The third-order valence-corrected chi connectivity index (χ3v) is 2.00. The van der Waals surface area contributed by atoms with Crippen LogP contribution in [0.3, 0.4) is 0 Å². The Bertz CT molecular complexity index is 256. The Labute approximate surface area is 75.5 Å². The number of hydrogen-bond acceptors (Lipinski definition) is 5. The molecule has 1 aromatic rings. The van der Waals surface area contributed by atoms with Gasteiger partial charge in [0.1, 0.15) is 5.01 Å².